The number of H-pyrrole nitrogens is 1. The summed E-state index contributed by atoms with van der Waals surface area (Å²) < 4.78 is 0.532. The fraction of sp³-hybridized carbons (Fsp3) is 0.467. The van der Waals surface area contributed by atoms with E-state index in [1.54, 1.807) is 0 Å². The van der Waals surface area contributed by atoms with E-state index in [4.69, 9.17) is 12.2 Å². The number of aromatic nitrogens is 2. The van der Waals surface area contributed by atoms with Crippen LogP contribution in [-0.2, 0) is 0 Å². The monoisotopic (exact) mass is 288 g/mol. The zero-order valence-corrected chi connectivity index (χ0v) is 12.5. The lowest BCUT2D eigenvalue weighted by molar-refractivity contribution is 0.277. The van der Waals surface area contributed by atoms with Gasteiger partial charge in [-0.3, -0.25) is 4.90 Å². The quantitative estimate of drug-likeness (QED) is 0.848. The van der Waals surface area contributed by atoms with E-state index in [1.165, 1.54) is 19.4 Å². The molecule has 5 heteroatoms. The molecule has 2 aromatic rings. The zero-order valence-electron chi connectivity index (χ0n) is 11.7. The number of aromatic amines is 1. The average Bonchev–Trinajstić information content (AvgIpc) is 2.92. The molecule has 4 nitrogen and oxygen atoms in total. The minimum atomic E-state index is 0.532. The number of hydrogen-bond donors (Lipinski definition) is 2. The first kappa shape index (κ1) is 13.5. The SMILES string of the molecule is CCN1CCCC1CNc1nc(=S)[nH]c2ccccc12. The van der Waals surface area contributed by atoms with Gasteiger partial charge in [0.2, 0.25) is 0 Å². The largest absolute Gasteiger partial charge is 0.368 e. The highest BCUT2D eigenvalue weighted by atomic mass is 32.1. The van der Waals surface area contributed by atoms with Crippen LogP contribution < -0.4 is 5.32 Å². The predicted octanol–water partition coefficient (Wildman–Crippen LogP) is 3.19. The molecular formula is C15H20N4S. The van der Waals surface area contributed by atoms with Gasteiger partial charge in [0, 0.05) is 18.0 Å². The Labute approximate surface area is 124 Å². The van der Waals surface area contributed by atoms with Gasteiger partial charge < -0.3 is 10.3 Å². The topological polar surface area (TPSA) is 44.0 Å². The number of para-hydroxylation sites is 1. The summed E-state index contributed by atoms with van der Waals surface area (Å²) in [6, 6.07) is 8.75. The molecular weight excluding hydrogens is 268 g/mol. The molecule has 0 spiro atoms. The van der Waals surface area contributed by atoms with Gasteiger partial charge in [-0.25, -0.2) is 4.98 Å². The third-order valence-electron chi connectivity index (χ3n) is 4.05. The molecule has 1 aromatic carbocycles. The second kappa shape index (κ2) is 5.89. The minimum absolute atomic E-state index is 0.532. The summed E-state index contributed by atoms with van der Waals surface area (Å²) >= 11 is 5.20. The Morgan fingerprint density at radius 3 is 3.15 bits per heavy atom. The maximum absolute atomic E-state index is 5.20. The van der Waals surface area contributed by atoms with Crippen molar-refractivity contribution in [2.24, 2.45) is 0 Å². The molecule has 1 atom stereocenters. The van der Waals surface area contributed by atoms with Crippen LogP contribution >= 0.6 is 12.2 Å². The van der Waals surface area contributed by atoms with Crippen LogP contribution in [0.15, 0.2) is 24.3 Å². The number of benzene rings is 1. The lowest BCUT2D eigenvalue weighted by atomic mass is 10.2. The van der Waals surface area contributed by atoms with Gasteiger partial charge in [0.1, 0.15) is 5.82 Å². The smallest absolute Gasteiger partial charge is 0.199 e. The lowest BCUT2D eigenvalue weighted by Crippen LogP contribution is -2.34. The summed E-state index contributed by atoms with van der Waals surface area (Å²) in [5.74, 6) is 0.896. The fourth-order valence-corrected chi connectivity index (χ4v) is 3.20. The van der Waals surface area contributed by atoms with E-state index in [9.17, 15) is 0 Å². The van der Waals surface area contributed by atoms with Gasteiger partial charge in [0.25, 0.3) is 0 Å². The maximum atomic E-state index is 5.20. The predicted molar refractivity (Wildman–Crippen MR) is 85.7 cm³/mol. The minimum Gasteiger partial charge on any atom is -0.368 e. The number of nitrogens with one attached hydrogen (secondary N) is 2. The van der Waals surface area contributed by atoms with Gasteiger partial charge in [0.15, 0.2) is 4.77 Å². The average molecular weight is 288 g/mol. The Hall–Kier alpha value is -1.46. The summed E-state index contributed by atoms with van der Waals surface area (Å²) in [4.78, 5) is 10.1. The van der Waals surface area contributed by atoms with Crippen LogP contribution in [0.3, 0.4) is 0 Å². The number of rotatable bonds is 4. The van der Waals surface area contributed by atoms with Crippen LogP contribution in [0, 0.1) is 4.77 Å². The van der Waals surface area contributed by atoms with Gasteiger partial charge >= 0.3 is 0 Å². The zero-order chi connectivity index (χ0) is 13.9. The molecule has 1 aliphatic rings. The Morgan fingerprint density at radius 1 is 1.45 bits per heavy atom. The molecule has 0 saturated carbocycles. The van der Waals surface area contributed by atoms with Crippen molar-refractivity contribution in [2.45, 2.75) is 25.8 Å². The Bertz CT molecular complexity index is 652. The van der Waals surface area contributed by atoms with Crippen molar-refractivity contribution in [2.75, 3.05) is 25.0 Å². The number of likely N-dealkylation sites (N-methyl/N-ethyl adjacent to an activating group) is 1. The highest BCUT2D eigenvalue weighted by Gasteiger charge is 2.22. The second-order valence-electron chi connectivity index (χ2n) is 5.24. The van der Waals surface area contributed by atoms with E-state index in [2.05, 4.69) is 33.2 Å². The number of nitrogens with zero attached hydrogens (tertiary/aromatic N) is 2. The van der Waals surface area contributed by atoms with Crippen molar-refractivity contribution in [1.29, 1.82) is 0 Å². The van der Waals surface area contributed by atoms with Crippen LogP contribution in [0.2, 0.25) is 0 Å². The molecule has 1 fully saturated rings. The van der Waals surface area contributed by atoms with Gasteiger partial charge in [-0.2, -0.15) is 0 Å². The fourth-order valence-electron chi connectivity index (χ4n) is 3.00. The van der Waals surface area contributed by atoms with Crippen molar-refractivity contribution >= 4 is 28.9 Å². The number of likely N-dealkylation sites (tertiary alicyclic amines) is 1. The van der Waals surface area contributed by atoms with E-state index in [0.29, 0.717) is 10.8 Å². The van der Waals surface area contributed by atoms with Crippen LogP contribution in [-0.4, -0.2) is 40.5 Å². The summed E-state index contributed by atoms with van der Waals surface area (Å²) in [6.45, 7) is 5.50. The third kappa shape index (κ3) is 2.69. The van der Waals surface area contributed by atoms with Crippen LogP contribution in [0.1, 0.15) is 19.8 Å². The van der Waals surface area contributed by atoms with Crippen LogP contribution in [0.4, 0.5) is 5.82 Å². The molecule has 1 unspecified atom stereocenters. The van der Waals surface area contributed by atoms with E-state index >= 15 is 0 Å². The Kier molecular flexibility index (Phi) is 3.98. The normalized spacial score (nSPS) is 19.6. The molecule has 0 radical (unpaired) electrons. The van der Waals surface area contributed by atoms with Crippen molar-refractivity contribution in [1.82, 2.24) is 14.9 Å². The first-order chi connectivity index (χ1) is 9.78. The molecule has 0 amide bonds. The molecule has 1 saturated heterocycles. The van der Waals surface area contributed by atoms with E-state index in [-0.39, 0.29) is 0 Å². The molecule has 2 heterocycles. The molecule has 0 aliphatic carbocycles. The molecule has 3 rings (SSSR count). The number of hydrogen-bond acceptors (Lipinski definition) is 4. The first-order valence-corrected chi connectivity index (χ1v) is 7.65. The molecule has 0 bridgehead atoms. The number of fused-ring (bicyclic) bond motifs is 1. The maximum Gasteiger partial charge on any atom is 0.199 e. The van der Waals surface area contributed by atoms with E-state index in [1.807, 2.05) is 18.2 Å². The van der Waals surface area contributed by atoms with Crippen LogP contribution in [0.5, 0.6) is 0 Å². The molecule has 1 aliphatic heterocycles. The Balaban J connectivity index is 1.82. The summed E-state index contributed by atoms with van der Waals surface area (Å²) in [6.07, 6.45) is 2.56. The van der Waals surface area contributed by atoms with E-state index in [0.717, 1.165) is 29.8 Å². The lowest BCUT2D eigenvalue weighted by Gasteiger charge is -2.23. The standard InChI is InChI=1S/C15H20N4S/c1-2-19-9-5-6-11(19)10-16-14-12-7-3-4-8-13(12)17-15(20)18-14/h3-4,7-8,11H,2,5-6,9-10H2,1H3,(H2,16,17,18,20). The van der Waals surface area contributed by atoms with Crippen molar-refractivity contribution in [3.05, 3.63) is 29.0 Å². The van der Waals surface area contributed by atoms with Crippen molar-refractivity contribution in [3.63, 3.8) is 0 Å². The van der Waals surface area contributed by atoms with Crippen molar-refractivity contribution in [3.8, 4) is 0 Å². The summed E-state index contributed by atoms with van der Waals surface area (Å²) in [5.41, 5.74) is 1.04. The first-order valence-electron chi connectivity index (χ1n) is 7.25. The molecule has 2 N–H and O–H groups in total. The highest BCUT2D eigenvalue weighted by molar-refractivity contribution is 7.71. The highest BCUT2D eigenvalue weighted by Crippen LogP contribution is 2.21. The third-order valence-corrected chi connectivity index (χ3v) is 4.24. The van der Waals surface area contributed by atoms with E-state index < -0.39 is 0 Å². The molecule has 1 aromatic heterocycles. The second-order valence-corrected chi connectivity index (χ2v) is 5.63. The van der Waals surface area contributed by atoms with Crippen LogP contribution in [0.25, 0.3) is 10.9 Å². The molecule has 20 heavy (non-hydrogen) atoms. The van der Waals surface area contributed by atoms with Gasteiger partial charge in [0.05, 0.1) is 5.52 Å². The van der Waals surface area contributed by atoms with Gasteiger partial charge in [-0.05, 0) is 50.3 Å². The number of anilines is 1. The van der Waals surface area contributed by atoms with Gasteiger partial charge in [-0.1, -0.05) is 19.1 Å². The molecule has 106 valence electrons. The summed E-state index contributed by atoms with van der Waals surface area (Å²) in [7, 11) is 0. The summed E-state index contributed by atoms with van der Waals surface area (Å²) in [5, 5.41) is 4.59. The van der Waals surface area contributed by atoms with Crippen molar-refractivity contribution < 1.29 is 0 Å². The van der Waals surface area contributed by atoms with Gasteiger partial charge in [-0.15, -0.1) is 0 Å². The Morgan fingerprint density at radius 2 is 2.30 bits per heavy atom.